The molecule has 1 aliphatic carbocycles. The van der Waals surface area contributed by atoms with E-state index in [1.165, 1.54) is 5.69 Å². The van der Waals surface area contributed by atoms with Crippen LogP contribution in [-0.4, -0.2) is 27.6 Å². The van der Waals surface area contributed by atoms with Gasteiger partial charge in [-0.25, -0.2) is 0 Å². The zero-order valence-electron chi connectivity index (χ0n) is 12.3. The minimum absolute atomic E-state index is 0.0607. The van der Waals surface area contributed by atoms with Gasteiger partial charge in [-0.3, -0.25) is 9.59 Å². The maximum absolute atomic E-state index is 12.8. The summed E-state index contributed by atoms with van der Waals surface area (Å²) in [5, 5.41) is 0. The molecular weight excluding hydrogens is 264 g/mol. The Morgan fingerprint density at radius 1 is 1.14 bits per heavy atom. The predicted molar refractivity (Wildman–Crippen MR) is 78.6 cm³/mol. The van der Waals surface area contributed by atoms with Crippen molar-refractivity contribution in [2.75, 3.05) is 6.54 Å². The van der Waals surface area contributed by atoms with Crippen LogP contribution in [0.5, 0.6) is 0 Å². The van der Waals surface area contributed by atoms with Crippen LogP contribution in [0.2, 0.25) is 0 Å². The molecule has 110 valence electrons. The first-order valence-corrected chi connectivity index (χ1v) is 7.90. The first-order valence-electron chi connectivity index (χ1n) is 7.90. The van der Waals surface area contributed by atoms with E-state index in [2.05, 4.69) is 27.8 Å². The van der Waals surface area contributed by atoms with Crippen molar-refractivity contribution in [1.82, 2.24) is 9.47 Å². The zero-order chi connectivity index (χ0) is 14.6. The van der Waals surface area contributed by atoms with E-state index in [4.69, 9.17) is 0 Å². The smallest absolute Gasteiger partial charge is 0.173 e. The molecule has 21 heavy (non-hydrogen) atoms. The van der Waals surface area contributed by atoms with Crippen molar-refractivity contribution in [1.29, 1.82) is 0 Å². The van der Waals surface area contributed by atoms with Gasteiger partial charge in [0.25, 0.3) is 0 Å². The Kier molecular flexibility index (Phi) is 2.81. The quantitative estimate of drug-likeness (QED) is 0.687. The normalized spacial score (nSPS) is 28.9. The second kappa shape index (κ2) is 4.58. The largest absolute Gasteiger partial charge is 0.365 e. The number of nitrogens with zero attached hydrogens (tertiary/aromatic N) is 2. The number of hydrogen-bond donors (Lipinski definition) is 0. The molecule has 0 saturated carbocycles. The molecule has 4 nitrogen and oxygen atoms in total. The van der Waals surface area contributed by atoms with Gasteiger partial charge in [-0.15, -0.1) is 0 Å². The third-order valence-corrected chi connectivity index (χ3v) is 5.17. The Balaban J connectivity index is 1.89. The standard InChI is InChI=1S/C17H20N2O2/c1-11-16-13-6-3-8-18(13)9-4-10-19(16)12-5-2-7-14(20)15(12)17(11)21/h3,6,8,11,16H,2,4-5,7,9-10H2,1H3/t11-,16-/m0/s1. The molecule has 3 heterocycles. The lowest BCUT2D eigenvalue weighted by atomic mass is 9.78. The Bertz CT molecular complexity index is 656. The van der Waals surface area contributed by atoms with Crippen LogP contribution in [0, 0.1) is 5.92 Å². The highest BCUT2D eigenvalue weighted by atomic mass is 16.2. The van der Waals surface area contributed by atoms with Crippen LogP contribution in [0.3, 0.4) is 0 Å². The van der Waals surface area contributed by atoms with Crippen molar-refractivity contribution in [3.05, 3.63) is 35.3 Å². The fourth-order valence-corrected chi connectivity index (χ4v) is 4.20. The Labute approximate surface area is 124 Å². The number of ketones is 2. The molecule has 0 amide bonds. The molecule has 4 rings (SSSR count). The summed E-state index contributed by atoms with van der Waals surface area (Å²) in [4.78, 5) is 27.3. The van der Waals surface area contributed by atoms with Crippen LogP contribution in [0.25, 0.3) is 0 Å². The number of rotatable bonds is 0. The van der Waals surface area contributed by atoms with Gasteiger partial charge >= 0.3 is 0 Å². The first-order chi connectivity index (χ1) is 10.2. The van der Waals surface area contributed by atoms with Crippen molar-refractivity contribution in [2.24, 2.45) is 5.92 Å². The van der Waals surface area contributed by atoms with Gasteiger partial charge in [0.15, 0.2) is 11.6 Å². The third-order valence-electron chi connectivity index (χ3n) is 5.17. The average molecular weight is 284 g/mol. The second-order valence-corrected chi connectivity index (χ2v) is 6.37. The van der Waals surface area contributed by atoms with Crippen molar-refractivity contribution < 1.29 is 9.59 Å². The number of fused-ring (bicyclic) bond motifs is 4. The highest BCUT2D eigenvalue weighted by Gasteiger charge is 2.44. The third kappa shape index (κ3) is 1.74. The van der Waals surface area contributed by atoms with E-state index >= 15 is 0 Å². The van der Waals surface area contributed by atoms with Gasteiger partial charge in [-0.05, 0) is 31.4 Å². The minimum Gasteiger partial charge on any atom is -0.365 e. The van der Waals surface area contributed by atoms with Gasteiger partial charge in [0.05, 0.1) is 11.6 Å². The van der Waals surface area contributed by atoms with Crippen LogP contribution in [0.1, 0.15) is 44.3 Å². The first kappa shape index (κ1) is 12.9. The molecule has 1 aromatic rings. The van der Waals surface area contributed by atoms with Gasteiger partial charge in [0.1, 0.15) is 0 Å². The summed E-state index contributed by atoms with van der Waals surface area (Å²) < 4.78 is 2.27. The highest BCUT2D eigenvalue weighted by Crippen LogP contribution is 2.44. The van der Waals surface area contributed by atoms with Crippen LogP contribution in [0.15, 0.2) is 29.6 Å². The van der Waals surface area contributed by atoms with E-state index in [0.29, 0.717) is 12.0 Å². The van der Waals surface area contributed by atoms with Crippen LogP contribution in [0.4, 0.5) is 0 Å². The number of aromatic nitrogens is 1. The number of carbonyl (C=O) groups excluding carboxylic acids is 2. The Hall–Kier alpha value is -1.84. The van der Waals surface area contributed by atoms with E-state index in [1.807, 2.05) is 6.92 Å². The summed E-state index contributed by atoms with van der Waals surface area (Å²) in [7, 11) is 0. The van der Waals surface area contributed by atoms with Crippen LogP contribution in [-0.2, 0) is 16.1 Å². The lowest BCUT2D eigenvalue weighted by molar-refractivity contribution is -0.127. The molecule has 4 heteroatoms. The molecule has 0 saturated heterocycles. The van der Waals surface area contributed by atoms with Gasteiger partial charge in [0, 0.05) is 43.0 Å². The summed E-state index contributed by atoms with van der Waals surface area (Å²) >= 11 is 0. The van der Waals surface area contributed by atoms with E-state index in [-0.39, 0.29) is 23.5 Å². The van der Waals surface area contributed by atoms with Crippen molar-refractivity contribution in [3.8, 4) is 0 Å². The predicted octanol–water partition coefficient (Wildman–Crippen LogP) is 2.46. The molecule has 3 aliphatic rings. The maximum atomic E-state index is 12.8. The number of Topliss-reactive ketones (excluding diaryl/α,β-unsaturated/α-hetero) is 2. The Morgan fingerprint density at radius 3 is 2.86 bits per heavy atom. The topological polar surface area (TPSA) is 42.3 Å². The number of hydrogen-bond acceptors (Lipinski definition) is 3. The van der Waals surface area contributed by atoms with Gasteiger partial charge in [-0.2, -0.15) is 0 Å². The maximum Gasteiger partial charge on any atom is 0.173 e. The van der Waals surface area contributed by atoms with E-state index in [0.717, 1.165) is 38.0 Å². The molecule has 0 unspecified atom stereocenters. The molecule has 0 bridgehead atoms. The molecule has 1 aromatic heterocycles. The summed E-state index contributed by atoms with van der Waals surface area (Å²) in [5.41, 5.74) is 2.76. The molecular formula is C17H20N2O2. The van der Waals surface area contributed by atoms with Crippen molar-refractivity contribution in [2.45, 2.75) is 45.2 Å². The second-order valence-electron chi connectivity index (χ2n) is 6.37. The summed E-state index contributed by atoms with van der Waals surface area (Å²) in [6.45, 7) is 3.91. The van der Waals surface area contributed by atoms with Crippen molar-refractivity contribution >= 4 is 11.6 Å². The number of allylic oxidation sites excluding steroid dienone is 2. The number of carbonyl (C=O) groups is 2. The number of aryl methyl sites for hydroxylation is 1. The van der Waals surface area contributed by atoms with Crippen LogP contribution >= 0.6 is 0 Å². The SMILES string of the molecule is C[C@@H]1C(=O)C2=C(CCCC2=O)N2CCCn3cccc3[C@H]12. The average Bonchev–Trinajstić information content (AvgIpc) is 2.85. The molecule has 0 aromatic carbocycles. The van der Waals surface area contributed by atoms with E-state index in [1.54, 1.807) is 0 Å². The monoisotopic (exact) mass is 284 g/mol. The Morgan fingerprint density at radius 2 is 2.00 bits per heavy atom. The fraction of sp³-hybridized carbons (Fsp3) is 0.529. The highest BCUT2D eigenvalue weighted by molar-refractivity contribution is 6.22. The summed E-state index contributed by atoms with van der Waals surface area (Å²) in [6.07, 6.45) is 5.45. The minimum atomic E-state index is -0.141. The van der Waals surface area contributed by atoms with Gasteiger partial charge < -0.3 is 9.47 Å². The summed E-state index contributed by atoms with van der Waals surface area (Å²) in [6, 6.07) is 4.29. The summed E-state index contributed by atoms with van der Waals surface area (Å²) in [5.74, 6) is -0.0191. The molecule has 0 N–H and O–H groups in total. The molecule has 0 radical (unpaired) electrons. The fourth-order valence-electron chi connectivity index (χ4n) is 4.20. The van der Waals surface area contributed by atoms with E-state index < -0.39 is 0 Å². The van der Waals surface area contributed by atoms with E-state index in [9.17, 15) is 9.59 Å². The zero-order valence-corrected chi connectivity index (χ0v) is 12.3. The molecule has 2 atom stereocenters. The molecule has 2 aliphatic heterocycles. The molecule has 0 fully saturated rings. The van der Waals surface area contributed by atoms with Gasteiger partial charge in [-0.1, -0.05) is 6.92 Å². The van der Waals surface area contributed by atoms with Gasteiger partial charge in [0.2, 0.25) is 0 Å². The molecule has 0 spiro atoms. The lowest BCUT2D eigenvalue weighted by Gasteiger charge is -2.43. The van der Waals surface area contributed by atoms with Crippen LogP contribution < -0.4 is 0 Å². The lowest BCUT2D eigenvalue weighted by Crippen LogP contribution is -2.44. The van der Waals surface area contributed by atoms with Crippen molar-refractivity contribution in [3.63, 3.8) is 0 Å².